The summed E-state index contributed by atoms with van der Waals surface area (Å²) in [5.74, 6) is 1.76. The standard InChI is InChI=1S/C26H33N5O2S/c1-17-8-7-13-22(18(17)2)30-25(33)20-11-5-6-12-21(20)28-26(30)34-16-24(32)29-23-14-15-27-31(23)19-9-3-4-10-19/h5-6,11-12,14-15,17-19,22H,3-4,7-10,13,16H2,1-2H3,(H,29,32)/t17-,18-,22-/m1/s1. The van der Waals surface area contributed by atoms with E-state index in [1.165, 1.54) is 31.0 Å². The van der Waals surface area contributed by atoms with E-state index in [4.69, 9.17) is 4.98 Å². The van der Waals surface area contributed by atoms with Crippen molar-refractivity contribution in [2.24, 2.45) is 11.8 Å². The van der Waals surface area contributed by atoms with Crippen molar-refractivity contribution in [3.63, 3.8) is 0 Å². The molecule has 5 rings (SSSR count). The fraction of sp³-hybridized carbons (Fsp3) is 0.538. The number of hydrogen-bond donors (Lipinski definition) is 1. The highest BCUT2D eigenvalue weighted by molar-refractivity contribution is 7.99. The first-order valence-corrected chi connectivity index (χ1v) is 13.5. The Morgan fingerprint density at radius 1 is 1.09 bits per heavy atom. The van der Waals surface area contributed by atoms with Crippen molar-refractivity contribution < 1.29 is 4.79 Å². The molecule has 0 spiro atoms. The van der Waals surface area contributed by atoms with E-state index in [2.05, 4.69) is 24.3 Å². The van der Waals surface area contributed by atoms with E-state index in [0.29, 0.717) is 33.9 Å². The maximum Gasteiger partial charge on any atom is 0.262 e. The van der Waals surface area contributed by atoms with Crippen LogP contribution in [0.5, 0.6) is 0 Å². The molecule has 3 atom stereocenters. The Morgan fingerprint density at radius 2 is 1.88 bits per heavy atom. The monoisotopic (exact) mass is 479 g/mol. The summed E-state index contributed by atoms with van der Waals surface area (Å²) >= 11 is 1.35. The Hall–Kier alpha value is -2.61. The van der Waals surface area contributed by atoms with Crippen LogP contribution in [0.15, 0.2) is 46.5 Å². The van der Waals surface area contributed by atoms with Gasteiger partial charge in [-0.2, -0.15) is 5.10 Å². The molecular weight excluding hydrogens is 446 g/mol. The number of aromatic nitrogens is 4. The first-order valence-electron chi connectivity index (χ1n) is 12.5. The number of anilines is 1. The molecule has 34 heavy (non-hydrogen) atoms. The van der Waals surface area contributed by atoms with Crippen LogP contribution in [0.25, 0.3) is 10.9 Å². The summed E-state index contributed by atoms with van der Waals surface area (Å²) in [4.78, 5) is 31.4. The zero-order valence-corrected chi connectivity index (χ0v) is 20.8. The van der Waals surface area contributed by atoms with E-state index in [9.17, 15) is 9.59 Å². The van der Waals surface area contributed by atoms with E-state index < -0.39 is 0 Å². The first kappa shape index (κ1) is 23.1. The summed E-state index contributed by atoms with van der Waals surface area (Å²) < 4.78 is 3.83. The highest BCUT2D eigenvalue weighted by Crippen LogP contribution is 2.39. The average Bonchev–Trinajstić information content (AvgIpc) is 3.52. The Labute approximate surface area is 204 Å². The molecule has 2 aliphatic carbocycles. The van der Waals surface area contributed by atoms with Gasteiger partial charge < -0.3 is 5.32 Å². The van der Waals surface area contributed by atoms with Gasteiger partial charge in [-0.05, 0) is 43.2 Å². The minimum atomic E-state index is -0.108. The van der Waals surface area contributed by atoms with Gasteiger partial charge in [-0.25, -0.2) is 9.67 Å². The highest BCUT2D eigenvalue weighted by Gasteiger charge is 2.31. The Bertz CT molecular complexity index is 1230. The molecule has 0 unspecified atom stereocenters. The molecule has 2 aromatic heterocycles. The van der Waals surface area contributed by atoms with Crippen molar-refractivity contribution in [1.29, 1.82) is 0 Å². The number of para-hydroxylation sites is 1. The fourth-order valence-electron chi connectivity index (χ4n) is 5.60. The van der Waals surface area contributed by atoms with Crippen molar-refractivity contribution in [3.05, 3.63) is 46.9 Å². The van der Waals surface area contributed by atoms with Crippen molar-refractivity contribution in [3.8, 4) is 0 Å². The number of benzene rings is 1. The Kier molecular flexibility index (Phi) is 6.77. The molecular formula is C26H33N5O2S. The maximum absolute atomic E-state index is 13.6. The van der Waals surface area contributed by atoms with Gasteiger partial charge in [0.1, 0.15) is 5.82 Å². The number of amides is 1. The summed E-state index contributed by atoms with van der Waals surface area (Å²) in [5.41, 5.74) is 0.682. The molecule has 0 bridgehead atoms. The Balaban J connectivity index is 1.39. The lowest BCUT2D eigenvalue weighted by Crippen LogP contribution is -2.35. The van der Waals surface area contributed by atoms with Gasteiger partial charge in [-0.15, -0.1) is 0 Å². The van der Waals surface area contributed by atoms with E-state index in [1.54, 1.807) is 6.20 Å². The SMILES string of the molecule is C[C@@H]1[C@H](C)CCC[C@H]1n1c(SCC(=O)Nc2ccnn2C2CCCC2)nc2ccccc2c1=O. The van der Waals surface area contributed by atoms with Gasteiger partial charge in [-0.3, -0.25) is 14.2 Å². The third-order valence-electron chi connectivity index (χ3n) is 7.71. The molecule has 0 saturated heterocycles. The van der Waals surface area contributed by atoms with Gasteiger partial charge in [0.05, 0.1) is 28.9 Å². The number of fused-ring (bicyclic) bond motifs is 1. The van der Waals surface area contributed by atoms with Crippen LogP contribution in [0.3, 0.4) is 0 Å². The van der Waals surface area contributed by atoms with E-state index in [0.717, 1.165) is 31.5 Å². The predicted molar refractivity (Wildman–Crippen MR) is 136 cm³/mol. The van der Waals surface area contributed by atoms with Crippen LogP contribution >= 0.6 is 11.8 Å². The van der Waals surface area contributed by atoms with Crippen LogP contribution in [0.1, 0.15) is 70.9 Å². The summed E-state index contributed by atoms with van der Waals surface area (Å²) in [5, 5.41) is 8.75. The van der Waals surface area contributed by atoms with E-state index >= 15 is 0 Å². The van der Waals surface area contributed by atoms with Gasteiger partial charge in [-0.1, -0.05) is 63.4 Å². The van der Waals surface area contributed by atoms with Crippen molar-refractivity contribution in [2.45, 2.75) is 76.0 Å². The predicted octanol–water partition coefficient (Wildman–Crippen LogP) is 5.44. The van der Waals surface area contributed by atoms with E-state index in [1.807, 2.05) is 39.6 Å². The molecule has 180 valence electrons. The normalized spacial score (nSPS) is 23.4. The van der Waals surface area contributed by atoms with Gasteiger partial charge in [0.25, 0.3) is 5.56 Å². The minimum absolute atomic E-state index is 0.00114. The average molecular weight is 480 g/mol. The number of thioether (sulfide) groups is 1. The van der Waals surface area contributed by atoms with Crippen molar-refractivity contribution in [2.75, 3.05) is 11.1 Å². The van der Waals surface area contributed by atoms with Crippen LogP contribution in [0, 0.1) is 11.8 Å². The van der Waals surface area contributed by atoms with Crippen LogP contribution in [0.4, 0.5) is 5.82 Å². The summed E-state index contributed by atoms with van der Waals surface area (Å²) in [6.07, 6.45) is 9.61. The number of carbonyl (C=O) groups is 1. The third-order valence-corrected chi connectivity index (χ3v) is 8.66. The molecule has 1 N–H and O–H groups in total. The number of nitrogens with one attached hydrogen (secondary N) is 1. The van der Waals surface area contributed by atoms with E-state index in [-0.39, 0.29) is 23.3 Å². The molecule has 2 aliphatic rings. The summed E-state index contributed by atoms with van der Waals surface area (Å²) in [6.45, 7) is 4.51. The number of rotatable bonds is 6. The second-order valence-electron chi connectivity index (χ2n) is 9.86. The molecule has 2 saturated carbocycles. The molecule has 3 aromatic rings. The maximum atomic E-state index is 13.6. The Morgan fingerprint density at radius 3 is 2.71 bits per heavy atom. The van der Waals surface area contributed by atoms with Gasteiger partial charge in [0, 0.05) is 12.1 Å². The highest BCUT2D eigenvalue weighted by atomic mass is 32.2. The zero-order valence-electron chi connectivity index (χ0n) is 19.9. The second-order valence-corrected chi connectivity index (χ2v) is 10.8. The van der Waals surface area contributed by atoms with Crippen molar-refractivity contribution >= 4 is 34.4 Å². The summed E-state index contributed by atoms with van der Waals surface area (Å²) in [7, 11) is 0. The summed E-state index contributed by atoms with van der Waals surface area (Å²) in [6, 6.07) is 9.83. The molecule has 1 amide bonds. The van der Waals surface area contributed by atoms with Crippen LogP contribution < -0.4 is 10.9 Å². The molecule has 0 radical (unpaired) electrons. The first-order chi connectivity index (χ1) is 16.5. The molecule has 7 nitrogen and oxygen atoms in total. The van der Waals surface area contributed by atoms with Crippen LogP contribution in [-0.4, -0.2) is 31.0 Å². The smallest absolute Gasteiger partial charge is 0.262 e. The van der Waals surface area contributed by atoms with Crippen LogP contribution in [-0.2, 0) is 4.79 Å². The van der Waals surface area contributed by atoms with Gasteiger partial charge in [0.2, 0.25) is 5.91 Å². The lowest BCUT2D eigenvalue weighted by Gasteiger charge is -2.36. The molecule has 8 heteroatoms. The minimum Gasteiger partial charge on any atom is -0.310 e. The lowest BCUT2D eigenvalue weighted by atomic mass is 9.78. The topological polar surface area (TPSA) is 81.8 Å². The van der Waals surface area contributed by atoms with Crippen molar-refractivity contribution in [1.82, 2.24) is 19.3 Å². The van der Waals surface area contributed by atoms with Gasteiger partial charge >= 0.3 is 0 Å². The number of nitrogens with zero attached hydrogens (tertiary/aromatic N) is 4. The fourth-order valence-corrected chi connectivity index (χ4v) is 6.45. The number of carbonyl (C=O) groups excluding carboxylic acids is 1. The zero-order chi connectivity index (χ0) is 23.7. The third kappa shape index (κ3) is 4.52. The molecule has 1 aromatic carbocycles. The van der Waals surface area contributed by atoms with Crippen LogP contribution in [0.2, 0.25) is 0 Å². The molecule has 2 heterocycles. The lowest BCUT2D eigenvalue weighted by molar-refractivity contribution is -0.113. The van der Waals surface area contributed by atoms with Gasteiger partial charge in [0.15, 0.2) is 5.16 Å². The molecule has 0 aliphatic heterocycles. The largest absolute Gasteiger partial charge is 0.310 e. The number of hydrogen-bond acceptors (Lipinski definition) is 5. The second kappa shape index (κ2) is 9.94. The molecule has 2 fully saturated rings. The quantitative estimate of drug-likeness (QED) is 0.376.